The van der Waals surface area contributed by atoms with Gasteiger partial charge in [-0.2, -0.15) is 0 Å². The third-order valence-electron chi connectivity index (χ3n) is 4.34. The van der Waals surface area contributed by atoms with Crippen LogP contribution in [0.25, 0.3) is 0 Å². The van der Waals surface area contributed by atoms with Gasteiger partial charge >= 0.3 is 6.09 Å². The van der Waals surface area contributed by atoms with E-state index in [1.807, 2.05) is 32.1 Å². The Kier molecular flexibility index (Phi) is 7.18. The molecule has 0 radical (unpaired) electrons. The van der Waals surface area contributed by atoms with Crippen LogP contribution in [0.15, 0.2) is 17.1 Å². The quantitative estimate of drug-likeness (QED) is 0.659. The Morgan fingerprint density at radius 2 is 2.08 bits per heavy atom. The van der Waals surface area contributed by atoms with Crippen LogP contribution in [0.5, 0.6) is 0 Å². The van der Waals surface area contributed by atoms with Gasteiger partial charge in [0.1, 0.15) is 5.60 Å². The summed E-state index contributed by atoms with van der Waals surface area (Å²) in [5.74, 6) is 0.959. The van der Waals surface area contributed by atoms with E-state index < -0.39 is 5.60 Å². The molecule has 1 unspecified atom stereocenters. The molecule has 1 aromatic rings. The number of aryl methyl sites for hydroxylation is 1. The molecular weight excluding hydrogens is 463 g/mol. The van der Waals surface area contributed by atoms with Crippen molar-refractivity contribution in [1.82, 2.24) is 15.1 Å². The predicted molar refractivity (Wildman–Crippen MR) is 117 cm³/mol. The standard InChI is InChI=1S/C18H28N4O2S.HI/c1-5-14-6-7-15(25-14)11-20-16-19-10-13-12-21(8-9-22(13)16)17(23)24-18(2,3)4;/h6-7,13H,5,8-12H2,1-4H3,(H,19,20);1H. The average Bonchev–Trinajstić information content (AvgIpc) is 3.17. The van der Waals surface area contributed by atoms with E-state index in [2.05, 4.69) is 34.3 Å². The molecule has 3 rings (SSSR count). The zero-order chi connectivity index (χ0) is 18.0. The summed E-state index contributed by atoms with van der Waals surface area (Å²) >= 11 is 1.85. The monoisotopic (exact) mass is 492 g/mol. The lowest BCUT2D eigenvalue weighted by atomic mass is 10.2. The van der Waals surface area contributed by atoms with Gasteiger partial charge in [0.05, 0.1) is 19.1 Å². The van der Waals surface area contributed by atoms with Gasteiger partial charge in [0.25, 0.3) is 0 Å². The number of aliphatic imine (C=N–C) groups is 1. The van der Waals surface area contributed by atoms with Crippen molar-refractivity contribution in [3.63, 3.8) is 0 Å². The molecule has 8 heteroatoms. The minimum Gasteiger partial charge on any atom is -0.444 e. The summed E-state index contributed by atoms with van der Waals surface area (Å²) < 4.78 is 5.49. The summed E-state index contributed by atoms with van der Waals surface area (Å²) in [6, 6.07) is 4.63. The number of ether oxygens (including phenoxy) is 1. The summed E-state index contributed by atoms with van der Waals surface area (Å²) in [4.78, 5) is 23.7. The molecule has 26 heavy (non-hydrogen) atoms. The summed E-state index contributed by atoms with van der Waals surface area (Å²) in [6.07, 6.45) is 0.861. The highest BCUT2D eigenvalue weighted by atomic mass is 127. The number of carbonyl (C=O) groups excluding carboxylic acids is 1. The van der Waals surface area contributed by atoms with Gasteiger partial charge in [-0.1, -0.05) is 6.92 Å². The fraction of sp³-hybridized carbons (Fsp3) is 0.667. The van der Waals surface area contributed by atoms with Crippen molar-refractivity contribution in [3.05, 3.63) is 21.9 Å². The molecular formula is C18H29IN4O2S. The van der Waals surface area contributed by atoms with E-state index in [1.54, 1.807) is 4.90 Å². The lowest BCUT2D eigenvalue weighted by molar-refractivity contribution is 0.0137. The fourth-order valence-electron chi connectivity index (χ4n) is 3.10. The van der Waals surface area contributed by atoms with Crippen LogP contribution in [0, 0.1) is 0 Å². The predicted octanol–water partition coefficient (Wildman–Crippen LogP) is 3.31. The van der Waals surface area contributed by atoms with Crippen LogP contribution in [0.3, 0.4) is 0 Å². The van der Waals surface area contributed by atoms with Gasteiger partial charge in [0.2, 0.25) is 0 Å². The number of piperazine rings is 1. The first-order chi connectivity index (χ1) is 11.9. The minimum atomic E-state index is -0.453. The van der Waals surface area contributed by atoms with Crippen molar-refractivity contribution in [2.45, 2.75) is 52.3 Å². The van der Waals surface area contributed by atoms with Gasteiger partial charge in [0, 0.05) is 29.4 Å². The summed E-state index contributed by atoms with van der Waals surface area (Å²) in [5.41, 5.74) is -0.453. The Labute approximate surface area is 177 Å². The van der Waals surface area contributed by atoms with Crippen molar-refractivity contribution in [1.29, 1.82) is 0 Å². The second-order valence-corrected chi connectivity index (χ2v) is 8.77. The number of hydrogen-bond acceptors (Lipinski definition) is 6. The molecule has 1 N–H and O–H groups in total. The molecule has 6 nitrogen and oxygen atoms in total. The molecule has 1 fully saturated rings. The molecule has 1 saturated heterocycles. The molecule has 2 aliphatic heterocycles. The summed E-state index contributed by atoms with van der Waals surface area (Å²) in [6.45, 7) is 11.5. The number of carbonyl (C=O) groups is 1. The van der Waals surface area contributed by atoms with E-state index in [-0.39, 0.29) is 36.1 Å². The SMILES string of the molecule is CCc1ccc(CNC2=NCC3CN(C(=O)OC(C)(C)C)CCN23)s1.I. The van der Waals surface area contributed by atoms with Crippen molar-refractivity contribution in [3.8, 4) is 0 Å². The van der Waals surface area contributed by atoms with Crippen molar-refractivity contribution < 1.29 is 9.53 Å². The Morgan fingerprint density at radius 1 is 1.35 bits per heavy atom. The van der Waals surface area contributed by atoms with E-state index in [1.165, 1.54) is 9.75 Å². The maximum Gasteiger partial charge on any atom is 0.410 e. The zero-order valence-corrected chi connectivity index (χ0v) is 19.1. The molecule has 1 atom stereocenters. The second-order valence-electron chi connectivity index (χ2n) is 7.51. The maximum atomic E-state index is 12.3. The zero-order valence-electron chi connectivity index (χ0n) is 15.9. The highest BCUT2D eigenvalue weighted by molar-refractivity contribution is 14.0. The normalized spacial score (nSPS) is 19.5. The molecule has 0 saturated carbocycles. The van der Waals surface area contributed by atoms with Gasteiger partial charge in [-0.25, -0.2) is 4.79 Å². The number of fused-ring (bicyclic) bond motifs is 1. The van der Waals surface area contributed by atoms with Gasteiger partial charge in [-0.15, -0.1) is 35.3 Å². The van der Waals surface area contributed by atoms with Crippen molar-refractivity contribution in [2.75, 3.05) is 26.2 Å². The fourth-order valence-corrected chi connectivity index (χ4v) is 3.99. The van der Waals surface area contributed by atoms with Crippen LogP contribution >= 0.6 is 35.3 Å². The van der Waals surface area contributed by atoms with Crippen LogP contribution in [0.1, 0.15) is 37.4 Å². The summed E-state index contributed by atoms with van der Waals surface area (Å²) in [7, 11) is 0. The molecule has 3 heterocycles. The minimum absolute atomic E-state index is 0. The van der Waals surface area contributed by atoms with Gasteiger partial charge < -0.3 is 19.9 Å². The number of hydrogen-bond donors (Lipinski definition) is 1. The van der Waals surface area contributed by atoms with E-state index >= 15 is 0 Å². The lowest BCUT2D eigenvalue weighted by Crippen LogP contribution is -2.57. The van der Waals surface area contributed by atoms with Crippen molar-refractivity contribution >= 4 is 47.4 Å². The Balaban J connectivity index is 0.00000243. The number of nitrogens with zero attached hydrogens (tertiary/aromatic N) is 3. The summed E-state index contributed by atoms with van der Waals surface area (Å²) in [5, 5.41) is 3.47. The first-order valence-corrected chi connectivity index (χ1v) is 9.78. The van der Waals surface area contributed by atoms with E-state index in [0.717, 1.165) is 32.0 Å². The molecule has 0 bridgehead atoms. The van der Waals surface area contributed by atoms with Crippen LogP contribution in [-0.4, -0.2) is 59.7 Å². The van der Waals surface area contributed by atoms with Crippen LogP contribution < -0.4 is 5.32 Å². The van der Waals surface area contributed by atoms with Crippen molar-refractivity contribution in [2.24, 2.45) is 4.99 Å². The second kappa shape index (κ2) is 8.77. The molecule has 1 aromatic heterocycles. The van der Waals surface area contributed by atoms with Crippen LogP contribution in [0.4, 0.5) is 4.79 Å². The molecule has 2 aliphatic rings. The number of amides is 1. The number of halogens is 1. The smallest absolute Gasteiger partial charge is 0.410 e. The third-order valence-corrected chi connectivity index (χ3v) is 5.57. The molecule has 0 aromatic carbocycles. The third kappa shape index (κ3) is 5.25. The molecule has 1 amide bonds. The highest BCUT2D eigenvalue weighted by Gasteiger charge is 2.36. The van der Waals surface area contributed by atoms with Gasteiger partial charge in [-0.3, -0.25) is 4.99 Å². The Hall–Kier alpha value is -1.03. The number of thiophene rings is 1. The number of rotatable bonds is 3. The van der Waals surface area contributed by atoms with Gasteiger partial charge in [0.15, 0.2) is 5.96 Å². The highest BCUT2D eigenvalue weighted by Crippen LogP contribution is 2.20. The largest absolute Gasteiger partial charge is 0.444 e. The van der Waals surface area contributed by atoms with Gasteiger partial charge in [-0.05, 0) is 39.3 Å². The topological polar surface area (TPSA) is 57.2 Å². The molecule has 0 aliphatic carbocycles. The van der Waals surface area contributed by atoms with Crippen LogP contribution in [-0.2, 0) is 17.7 Å². The Morgan fingerprint density at radius 3 is 2.73 bits per heavy atom. The van der Waals surface area contributed by atoms with E-state index in [9.17, 15) is 4.79 Å². The number of nitrogens with one attached hydrogen (secondary N) is 1. The van der Waals surface area contributed by atoms with Crippen LogP contribution in [0.2, 0.25) is 0 Å². The molecule has 146 valence electrons. The average molecular weight is 492 g/mol. The maximum absolute atomic E-state index is 12.3. The Bertz CT molecular complexity index is 656. The number of guanidine groups is 1. The van der Waals surface area contributed by atoms with E-state index in [4.69, 9.17) is 4.74 Å². The first-order valence-electron chi connectivity index (χ1n) is 8.96. The van der Waals surface area contributed by atoms with E-state index in [0.29, 0.717) is 13.1 Å². The lowest BCUT2D eigenvalue weighted by Gasteiger charge is -2.39. The first kappa shape index (κ1) is 21.3. The molecule has 0 spiro atoms.